The average molecular weight is 708 g/mol. The lowest BCUT2D eigenvalue weighted by molar-refractivity contribution is -0.135. The molecular formula is C35H46FN9O4S. The number of nitrogens with one attached hydrogen (secondary N) is 2. The Morgan fingerprint density at radius 2 is 1.76 bits per heavy atom. The van der Waals surface area contributed by atoms with Crippen molar-refractivity contribution < 1.29 is 23.6 Å². The number of carbonyl (C=O) groups excluding carboxylic acids is 4. The van der Waals surface area contributed by atoms with Crippen LogP contribution in [0.2, 0.25) is 0 Å². The Morgan fingerprint density at radius 3 is 2.40 bits per heavy atom. The predicted octanol–water partition coefficient (Wildman–Crippen LogP) is 4.42. The Hall–Kier alpha value is -4.37. The van der Waals surface area contributed by atoms with Gasteiger partial charge < -0.3 is 20.4 Å². The van der Waals surface area contributed by atoms with Crippen LogP contribution in [0.5, 0.6) is 0 Å². The van der Waals surface area contributed by atoms with E-state index in [1.807, 2.05) is 20.9 Å². The van der Waals surface area contributed by atoms with Crippen LogP contribution in [0.4, 0.5) is 10.1 Å². The van der Waals surface area contributed by atoms with Crippen LogP contribution in [-0.2, 0) is 9.59 Å². The van der Waals surface area contributed by atoms with E-state index in [1.54, 1.807) is 34.8 Å². The fourth-order valence-corrected chi connectivity index (χ4v) is 7.00. The number of likely N-dealkylation sites (N-methyl/N-ethyl adjacent to an activating group) is 1. The van der Waals surface area contributed by atoms with E-state index in [2.05, 4.69) is 42.1 Å². The minimum atomic E-state index is -0.980. The third-order valence-electron chi connectivity index (χ3n) is 9.83. The number of nitrogens with zero attached hydrogens (tertiary/aromatic N) is 7. The first-order valence-electron chi connectivity index (χ1n) is 17.2. The number of aliphatic imine (C=N–C) groups is 1. The van der Waals surface area contributed by atoms with Crippen LogP contribution in [0, 0.1) is 23.6 Å². The van der Waals surface area contributed by atoms with Gasteiger partial charge in [-0.25, -0.2) is 9.38 Å². The maximum Gasteiger partial charge on any atom is 0.294 e. The van der Waals surface area contributed by atoms with Crippen molar-refractivity contribution in [2.45, 2.75) is 71.4 Å². The summed E-state index contributed by atoms with van der Waals surface area (Å²) in [6, 6.07) is 4.98. The Bertz CT molecular complexity index is 1680. The van der Waals surface area contributed by atoms with Gasteiger partial charge in [-0.1, -0.05) is 37.2 Å². The minimum absolute atomic E-state index is 0.0283. The van der Waals surface area contributed by atoms with Gasteiger partial charge in [0.25, 0.3) is 11.8 Å². The number of amides is 4. The molecule has 13 nitrogen and oxygen atoms in total. The second kappa shape index (κ2) is 16.6. The molecule has 5 rings (SSSR count). The van der Waals surface area contributed by atoms with Crippen LogP contribution in [0.15, 0.2) is 41.7 Å². The number of piperazine rings is 1. The monoisotopic (exact) mass is 707 g/mol. The summed E-state index contributed by atoms with van der Waals surface area (Å²) >= 11 is 0.920. The highest BCUT2D eigenvalue weighted by atomic mass is 32.1. The maximum atomic E-state index is 15.8. The number of benzene rings is 1. The van der Waals surface area contributed by atoms with Crippen LogP contribution >= 0.6 is 11.5 Å². The average Bonchev–Trinajstić information content (AvgIpc) is 3.82. The predicted molar refractivity (Wildman–Crippen MR) is 189 cm³/mol. The number of hydrogen-bond donors (Lipinski definition) is 2. The molecule has 1 aromatic carbocycles. The van der Waals surface area contributed by atoms with Gasteiger partial charge in [0.1, 0.15) is 22.4 Å². The van der Waals surface area contributed by atoms with Crippen molar-refractivity contribution in [1.29, 1.82) is 0 Å². The highest BCUT2D eigenvalue weighted by molar-refractivity contribution is 7.07. The van der Waals surface area contributed by atoms with E-state index in [9.17, 15) is 19.2 Å². The van der Waals surface area contributed by atoms with Gasteiger partial charge >= 0.3 is 0 Å². The maximum absolute atomic E-state index is 15.8. The number of halogens is 1. The molecule has 50 heavy (non-hydrogen) atoms. The van der Waals surface area contributed by atoms with Crippen LogP contribution < -0.4 is 10.6 Å². The number of hydrogen-bond acceptors (Lipinski definition) is 9. The molecule has 1 saturated carbocycles. The third kappa shape index (κ3) is 8.85. The first-order valence-corrected chi connectivity index (χ1v) is 18.0. The fourth-order valence-electron chi connectivity index (χ4n) is 6.59. The Morgan fingerprint density at radius 1 is 1.04 bits per heavy atom. The van der Waals surface area contributed by atoms with Gasteiger partial charge in [-0.15, -0.1) is 5.10 Å². The fraction of sp³-hybridized carbons (Fsp3) is 0.543. The molecule has 268 valence electrons. The number of rotatable bonds is 11. The standard InChI is InChI=1S/C35H46FN9O4S/c1-21(2)45-29(12-13-39-45)33(47)37-19-26(24-8-6-22(3)7-9-24)32(46)40-28-11-10-25(18-27(28)36)23(4)31(41-34(48)30-20-38-42-50-30)35(49)44-16-14-43(5)15-17-44/h10-13,18-24,26,31H,6-9,14-17H2,1-5H3,(H,40,46)(H,41,48)/t22-,23-,24-,26?,31+/m0/s1. The first kappa shape index (κ1) is 36.9. The zero-order chi connectivity index (χ0) is 35.9. The molecule has 15 heteroatoms. The summed E-state index contributed by atoms with van der Waals surface area (Å²) in [7, 11) is 1.98. The SMILES string of the molecule is CC(C)n1nccc1C(=O)N=CC(C(=O)Nc1ccc([C@H](C)[C@@H](NC(=O)c2cnns2)C(=O)N2CCN(C)CC2)cc1F)[C@H]1CC[C@H](C)CC1. The van der Waals surface area contributed by atoms with Crippen LogP contribution in [0.1, 0.15) is 91.1 Å². The van der Waals surface area contributed by atoms with E-state index < -0.39 is 41.4 Å². The lowest BCUT2D eigenvalue weighted by Crippen LogP contribution is -2.55. The molecule has 2 N–H and O–H groups in total. The van der Waals surface area contributed by atoms with E-state index in [1.165, 1.54) is 24.5 Å². The minimum Gasteiger partial charge on any atom is -0.339 e. The van der Waals surface area contributed by atoms with Gasteiger partial charge in [0.15, 0.2) is 0 Å². The van der Waals surface area contributed by atoms with Gasteiger partial charge in [0.2, 0.25) is 11.8 Å². The summed E-state index contributed by atoms with van der Waals surface area (Å²) in [5.41, 5.74) is 0.773. The lowest BCUT2D eigenvalue weighted by Gasteiger charge is -2.36. The van der Waals surface area contributed by atoms with Gasteiger partial charge in [0, 0.05) is 50.6 Å². The molecule has 0 radical (unpaired) electrons. The molecule has 1 unspecified atom stereocenters. The summed E-state index contributed by atoms with van der Waals surface area (Å²) in [5.74, 6) is -3.26. The van der Waals surface area contributed by atoms with E-state index in [-0.39, 0.29) is 28.4 Å². The molecule has 1 saturated heterocycles. The quantitative estimate of drug-likeness (QED) is 0.278. The molecule has 2 aliphatic rings. The first-order chi connectivity index (χ1) is 23.9. The van der Waals surface area contributed by atoms with Crippen molar-refractivity contribution in [2.75, 3.05) is 38.5 Å². The second-order valence-electron chi connectivity index (χ2n) is 13.8. The van der Waals surface area contributed by atoms with Crippen molar-refractivity contribution in [3.8, 4) is 0 Å². The molecule has 3 heterocycles. The zero-order valence-corrected chi connectivity index (χ0v) is 30.0. The number of carbonyl (C=O) groups is 4. The normalized spacial score (nSPS) is 20.4. The molecule has 2 aromatic heterocycles. The van der Waals surface area contributed by atoms with E-state index >= 15 is 4.39 Å². The molecule has 2 fully saturated rings. The zero-order valence-electron chi connectivity index (χ0n) is 29.2. The van der Waals surface area contributed by atoms with Crippen molar-refractivity contribution in [3.05, 3.63) is 58.6 Å². The molecule has 4 amide bonds. The Labute approximate surface area is 295 Å². The number of anilines is 1. The van der Waals surface area contributed by atoms with Crippen LogP contribution in [0.3, 0.4) is 0 Å². The van der Waals surface area contributed by atoms with Gasteiger partial charge in [-0.3, -0.25) is 23.9 Å². The molecule has 0 spiro atoms. The van der Waals surface area contributed by atoms with Crippen molar-refractivity contribution in [2.24, 2.45) is 22.7 Å². The summed E-state index contributed by atoms with van der Waals surface area (Å²) in [6.07, 6.45) is 7.74. The molecule has 3 aromatic rings. The summed E-state index contributed by atoms with van der Waals surface area (Å²) in [6.45, 7) is 10.2. The molecule has 3 atom stereocenters. The van der Waals surface area contributed by atoms with E-state index in [4.69, 9.17) is 0 Å². The third-order valence-corrected chi connectivity index (χ3v) is 10.5. The Balaban J connectivity index is 1.34. The molecule has 0 bridgehead atoms. The largest absolute Gasteiger partial charge is 0.339 e. The summed E-state index contributed by atoms with van der Waals surface area (Å²) < 4.78 is 21.1. The van der Waals surface area contributed by atoms with E-state index in [0.29, 0.717) is 43.4 Å². The van der Waals surface area contributed by atoms with Crippen LogP contribution in [-0.4, -0.2) is 98.3 Å². The topological polar surface area (TPSA) is 155 Å². The highest BCUT2D eigenvalue weighted by Gasteiger charge is 2.35. The molecular weight excluding hydrogens is 662 g/mol. The van der Waals surface area contributed by atoms with Crippen molar-refractivity contribution in [1.82, 2.24) is 34.5 Å². The van der Waals surface area contributed by atoms with Gasteiger partial charge in [-0.2, -0.15) is 5.10 Å². The summed E-state index contributed by atoms with van der Waals surface area (Å²) in [5, 5.41) is 13.5. The molecule has 1 aliphatic heterocycles. The van der Waals surface area contributed by atoms with E-state index in [0.717, 1.165) is 37.2 Å². The van der Waals surface area contributed by atoms with Gasteiger partial charge in [-0.05, 0) is 80.9 Å². The van der Waals surface area contributed by atoms with Crippen molar-refractivity contribution in [3.63, 3.8) is 0 Å². The lowest BCUT2D eigenvalue weighted by atomic mass is 9.76. The highest BCUT2D eigenvalue weighted by Crippen LogP contribution is 2.34. The number of aromatic nitrogens is 4. The Kier molecular flexibility index (Phi) is 12.2. The molecule has 1 aliphatic carbocycles. The van der Waals surface area contributed by atoms with Gasteiger partial charge in [0.05, 0.1) is 17.8 Å². The van der Waals surface area contributed by atoms with Crippen LogP contribution in [0.25, 0.3) is 0 Å². The smallest absolute Gasteiger partial charge is 0.294 e. The second-order valence-corrected chi connectivity index (χ2v) is 14.5. The van der Waals surface area contributed by atoms with Crippen molar-refractivity contribution >= 4 is 47.1 Å². The summed E-state index contributed by atoms with van der Waals surface area (Å²) in [4.78, 5) is 61.9.